The number of benzene rings is 1. The largest absolute Gasteiger partial charge is 0.352 e. The Morgan fingerprint density at radius 2 is 1.69 bits per heavy atom. The zero-order chi connectivity index (χ0) is 23.5. The van der Waals surface area contributed by atoms with Gasteiger partial charge < -0.3 is 10.2 Å². The van der Waals surface area contributed by atoms with Crippen molar-refractivity contribution in [2.75, 3.05) is 4.90 Å². The number of carbonyl (C=O) groups excluding carboxylic acids is 2. The maximum atomic E-state index is 13.2. The molecule has 2 amide bonds. The Morgan fingerprint density at radius 3 is 2.28 bits per heavy atom. The fraction of sp³-hybridized carbons (Fsp3) is 0.667. The van der Waals surface area contributed by atoms with Crippen molar-refractivity contribution < 1.29 is 18.0 Å². The average molecular weight is 464 g/mol. The highest BCUT2D eigenvalue weighted by Gasteiger charge is 2.33. The third kappa shape index (κ3) is 5.70. The lowest BCUT2D eigenvalue weighted by atomic mass is 9.96. The van der Waals surface area contributed by atoms with E-state index in [9.17, 15) is 18.0 Å². The summed E-state index contributed by atoms with van der Waals surface area (Å²) < 4.78 is 29.0. The topological polar surface area (TPSA) is 95.6 Å². The van der Waals surface area contributed by atoms with Crippen LogP contribution in [0.4, 0.5) is 5.69 Å². The third-order valence-electron chi connectivity index (χ3n) is 6.60. The van der Waals surface area contributed by atoms with Crippen molar-refractivity contribution in [3.63, 3.8) is 0 Å². The number of sulfonamides is 1. The van der Waals surface area contributed by atoms with Gasteiger partial charge >= 0.3 is 0 Å². The van der Waals surface area contributed by atoms with Gasteiger partial charge in [0.2, 0.25) is 21.8 Å². The molecular weight excluding hydrogens is 426 g/mol. The van der Waals surface area contributed by atoms with Gasteiger partial charge in [-0.3, -0.25) is 9.59 Å². The molecule has 1 aliphatic carbocycles. The Bertz CT molecular complexity index is 937. The van der Waals surface area contributed by atoms with E-state index in [0.29, 0.717) is 6.42 Å². The molecule has 1 heterocycles. The van der Waals surface area contributed by atoms with Gasteiger partial charge in [0.25, 0.3) is 0 Å². The summed E-state index contributed by atoms with van der Waals surface area (Å²) in [7, 11) is -3.89. The van der Waals surface area contributed by atoms with E-state index in [4.69, 9.17) is 0 Å². The number of hydrogen-bond acceptors (Lipinski definition) is 4. The van der Waals surface area contributed by atoms with Crippen LogP contribution in [0.2, 0.25) is 0 Å². The molecule has 1 fully saturated rings. The molecule has 32 heavy (non-hydrogen) atoms. The maximum Gasteiger partial charge on any atom is 0.241 e. The van der Waals surface area contributed by atoms with Gasteiger partial charge in [0.15, 0.2) is 0 Å². The fourth-order valence-corrected chi connectivity index (χ4v) is 6.27. The highest BCUT2D eigenvalue weighted by Crippen LogP contribution is 2.34. The van der Waals surface area contributed by atoms with Gasteiger partial charge in [0.1, 0.15) is 6.04 Å². The highest BCUT2D eigenvalue weighted by molar-refractivity contribution is 7.89. The minimum atomic E-state index is -3.89. The predicted octanol–water partition coefficient (Wildman–Crippen LogP) is 3.52. The Morgan fingerprint density at radius 1 is 1.06 bits per heavy atom. The molecule has 1 aromatic carbocycles. The van der Waals surface area contributed by atoms with Gasteiger partial charge in [-0.25, -0.2) is 8.42 Å². The summed E-state index contributed by atoms with van der Waals surface area (Å²) in [6, 6.07) is 4.08. The van der Waals surface area contributed by atoms with E-state index < -0.39 is 16.1 Å². The first-order chi connectivity index (χ1) is 15.1. The van der Waals surface area contributed by atoms with Crippen molar-refractivity contribution in [3.05, 3.63) is 23.8 Å². The Kier molecular flexibility index (Phi) is 7.98. The number of fused-ring (bicyclic) bond motifs is 1. The maximum absolute atomic E-state index is 13.2. The van der Waals surface area contributed by atoms with Crippen LogP contribution >= 0.6 is 0 Å². The molecule has 0 spiro atoms. The lowest BCUT2D eigenvalue weighted by Crippen LogP contribution is -2.52. The Labute approximate surface area is 192 Å². The molecule has 2 atom stereocenters. The molecule has 0 saturated heterocycles. The van der Waals surface area contributed by atoms with Gasteiger partial charge in [-0.1, -0.05) is 46.0 Å². The first kappa shape index (κ1) is 24.7. The van der Waals surface area contributed by atoms with Crippen molar-refractivity contribution in [1.29, 1.82) is 0 Å². The predicted molar refractivity (Wildman–Crippen MR) is 126 cm³/mol. The molecule has 0 aromatic heterocycles. The van der Waals surface area contributed by atoms with Crippen LogP contribution in [0.25, 0.3) is 0 Å². The molecule has 3 rings (SSSR count). The monoisotopic (exact) mass is 463 g/mol. The number of amides is 2. The zero-order valence-electron chi connectivity index (χ0n) is 19.7. The minimum absolute atomic E-state index is 0.00798. The van der Waals surface area contributed by atoms with Crippen molar-refractivity contribution in [3.8, 4) is 0 Å². The minimum Gasteiger partial charge on any atom is -0.352 e. The van der Waals surface area contributed by atoms with E-state index in [-0.39, 0.29) is 34.7 Å². The second-order valence-electron chi connectivity index (χ2n) is 9.63. The van der Waals surface area contributed by atoms with Crippen LogP contribution in [0, 0.1) is 5.92 Å². The normalized spacial score (nSPS) is 21.0. The lowest BCUT2D eigenvalue weighted by molar-refractivity contribution is -0.124. The number of hydrogen-bond donors (Lipinski definition) is 2. The fourth-order valence-electron chi connectivity index (χ4n) is 4.87. The molecule has 1 saturated carbocycles. The lowest BCUT2D eigenvalue weighted by Gasteiger charge is -2.26. The molecule has 2 N–H and O–H groups in total. The van der Waals surface area contributed by atoms with Gasteiger partial charge in [-0.15, -0.1) is 0 Å². The molecule has 1 aromatic rings. The summed E-state index contributed by atoms with van der Waals surface area (Å²) in [6.45, 7) is 7.15. The van der Waals surface area contributed by atoms with Gasteiger partial charge in [-0.2, -0.15) is 4.72 Å². The summed E-state index contributed by atoms with van der Waals surface area (Å²) in [6.07, 6.45) is 8.29. The van der Waals surface area contributed by atoms with E-state index in [0.717, 1.165) is 36.9 Å². The number of carbonyl (C=O) groups is 2. The third-order valence-corrected chi connectivity index (χ3v) is 8.04. The number of nitrogens with one attached hydrogen (secondary N) is 2. The van der Waals surface area contributed by atoms with E-state index >= 15 is 0 Å². The number of anilines is 1. The smallest absolute Gasteiger partial charge is 0.241 e. The molecule has 7 nitrogen and oxygen atoms in total. The molecule has 0 unspecified atom stereocenters. The number of rotatable bonds is 6. The highest BCUT2D eigenvalue weighted by atomic mass is 32.2. The van der Waals surface area contributed by atoms with Crippen molar-refractivity contribution in [2.45, 2.75) is 102 Å². The Hall–Kier alpha value is -1.93. The van der Waals surface area contributed by atoms with E-state index in [1.807, 2.05) is 20.8 Å². The van der Waals surface area contributed by atoms with Gasteiger partial charge in [0, 0.05) is 24.7 Å². The molecule has 0 radical (unpaired) electrons. The first-order valence-corrected chi connectivity index (χ1v) is 13.3. The van der Waals surface area contributed by atoms with Crippen molar-refractivity contribution >= 4 is 27.5 Å². The Balaban J connectivity index is 1.75. The zero-order valence-corrected chi connectivity index (χ0v) is 20.5. The first-order valence-electron chi connectivity index (χ1n) is 11.9. The van der Waals surface area contributed by atoms with Crippen LogP contribution in [0.15, 0.2) is 23.1 Å². The summed E-state index contributed by atoms with van der Waals surface area (Å²) in [5, 5.41) is 3.10. The van der Waals surface area contributed by atoms with Crippen LogP contribution < -0.4 is 14.9 Å². The summed E-state index contributed by atoms with van der Waals surface area (Å²) >= 11 is 0. The van der Waals surface area contributed by atoms with Crippen LogP contribution in [0.5, 0.6) is 0 Å². The standard InChI is InChI=1S/C24H37N3O4S/c1-16(2)23(24(29)25-20-10-8-6-5-7-9-11-20)26-32(30,31)21-12-13-22-19(15-21)14-17(3)27(22)18(4)28/h12-13,15-17,20,23,26H,5-11,14H2,1-4H3,(H,25,29)/t17-,23-/m1/s1. The van der Waals surface area contributed by atoms with Crippen LogP contribution in [-0.4, -0.2) is 38.4 Å². The van der Waals surface area contributed by atoms with Gasteiger partial charge in [0.05, 0.1) is 4.90 Å². The molecular formula is C24H37N3O4S. The van der Waals surface area contributed by atoms with E-state index in [1.165, 1.54) is 32.3 Å². The summed E-state index contributed by atoms with van der Waals surface area (Å²) in [4.78, 5) is 26.8. The van der Waals surface area contributed by atoms with Gasteiger partial charge in [-0.05, 0) is 55.9 Å². The second kappa shape index (κ2) is 10.3. The van der Waals surface area contributed by atoms with Crippen LogP contribution in [0.1, 0.15) is 78.2 Å². The van der Waals surface area contributed by atoms with E-state index in [1.54, 1.807) is 17.0 Å². The van der Waals surface area contributed by atoms with Crippen molar-refractivity contribution in [1.82, 2.24) is 10.0 Å². The molecule has 1 aliphatic heterocycles. The second-order valence-corrected chi connectivity index (χ2v) is 11.3. The molecule has 8 heteroatoms. The average Bonchev–Trinajstić information content (AvgIpc) is 3.02. The summed E-state index contributed by atoms with van der Waals surface area (Å²) in [5.74, 6) is -0.511. The SMILES string of the molecule is CC(=O)N1c2ccc(S(=O)(=O)N[C@@H](C(=O)NC3CCCCCCC3)C(C)C)cc2C[C@H]1C. The molecule has 178 valence electrons. The molecule has 0 bridgehead atoms. The summed E-state index contributed by atoms with van der Waals surface area (Å²) in [5.41, 5.74) is 1.59. The van der Waals surface area contributed by atoms with Crippen LogP contribution in [-0.2, 0) is 26.0 Å². The van der Waals surface area contributed by atoms with Crippen molar-refractivity contribution in [2.24, 2.45) is 5.92 Å². The van der Waals surface area contributed by atoms with E-state index in [2.05, 4.69) is 10.0 Å². The number of nitrogens with zero attached hydrogens (tertiary/aromatic N) is 1. The molecule has 2 aliphatic rings. The quantitative estimate of drug-likeness (QED) is 0.675. The van der Waals surface area contributed by atoms with Crippen LogP contribution in [0.3, 0.4) is 0 Å².